The molecule has 2 aromatic carbocycles. The van der Waals surface area contributed by atoms with E-state index >= 15 is 0 Å². The standard InChI is InChI=1S/C24H26N4O2/c1-18-14-22(28(26-18)16-20-10-6-3-7-11-20)25-24(30)21-15-23(29)27(17-21)13-12-19-8-4-2-5-9-19/h2-11,14,21H,12-13,15-17H2,1H3,(H,25,30). The van der Waals surface area contributed by atoms with Crippen molar-refractivity contribution in [2.45, 2.75) is 26.3 Å². The van der Waals surface area contributed by atoms with Gasteiger partial charge in [0.2, 0.25) is 11.8 Å². The highest BCUT2D eigenvalue weighted by Gasteiger charge is 2.34. The second-order valence-electron chi connectivity index (χ2n) is 7.78. The SMILES string of the molecule is Cc1cc(NC(=O)C2CC(=O)N(CCc3ccccc3)C2)n(Cc2ccccc2)n1. The maximum atomic E-state index is 12.9. The number of carbonyl (C=O) groups is 2. The number of anilines is 1. The van der Waals surface area contributed by atoms with Crippen LogP contribution in [0.5, 0.6) is 0 Å². The Labute approximate surface area is 176 Å². The summed E-state index contributed by atoms with van der Waals surface area (Å²) in [6.07, 6.45) is 1.05. The number of amides is 2. The van der Waals surface area contributed by atoms with Crippen molar-refractivity contribution in [2.75, 3.05) is 18.4 Å². The Morgan fingerprint density at radius 2 is 1.73 bits per heavy atom. The van der Waals surface area contributed by atoms with Crippen LogP contribution in [0.15, 0.2) is 66.7 Å². The van der Waals surface area contributed by atoms with Gasteiger partial charge in [0.15, 0.2) is 0 Å². The molecule has 1 aliphatic rings. The number of hydrogen-bond donors (Lipinski definition) is 1. The molecule has 1 aliphatic heterocycles. The van der Waals surface area contributed by atoms with Gasteiger partial charge in [0.05, 0.1) is 18.2 Å². The number of hydrogen-bond acceptors (Lipinski definition) is 3. The van der Waals surface area contributed by atoms with Crippen LogP contribution in [-0.4, -0.2) is 39.6 Å². The predicted octanol–water partition coefficient (Wildman–Crippen LogP) is 3.27. The van der Waals surface area contributed by atoms with Gasteiger partial charge in [0.1, 0.15) is 5.82 Å². The van der Waals surface area contributed by atoms with Gasteiger partial charge < -0.3 is 10.2 Å². The Morgan fingerprint density at radius 1 is 1.07 bits per heavy atom. The fourth-order valence-corrected chi connectivity index (χ4v) is 3.82. The van der Waals surface area contributed by atoms with Crippen LogP contribution in [0.25, 0.3) is 0 Å². The fourth-order valence-electron chi connectivity index (χ4n) is 3.82. The lowest BCUT2D eigenvalue weighted by Gasteiger charge is -2.17. The van der Waals surface area contributed by atoms with Gasteiger partial charge in [0, 0.05) is 25.6 Å². The molecule has 1 fully saturated rings. The van der Waals surface area contributed by atoms with Gasteiger partial charge in [-0.05, 0) is 24.5 Å². The van der Waals surface area contributed by atoms with E-state index in [0.29, 0.717) is 25.5 Å². The van der Waals surface area contributed by atoms with Crippen molar-refractivity contribution in [1.29, 1.82) is 0 Å². The molecule has 3 aromatic rings. The van der Waals surface area contributed by atoms with Crippen molar-refractivity contribution >= 4 is 17.6 Å². The lowest BCUT2D eigenvalue weighted by molar-refractivity contribution is -0.128. The van der Waals surface area contributed by atoms with Crippen LogP contribution >= 0.6 is 0 Å². The van der Waals surface area contributed by atoms with Gasteiger partial charge in [0.25, 0.3) is 0 Å². The first-order valence-electron chi connectivity index (χ1n) is 10.3. The van der Waals surface area contributed by atoms with Crippen LogP contribution in [0, 0.1) is 12.8 Å². The number of aromatic nitrogens is 2. The summed E-state index contributed by atoms with van der Waals surface area (Å²) in [6.45, 7) is 3.58. The summed E-state index contributed by atoms with van der Waals surface area (Å²) in [6, 6.07) is 22.0. The first kappa shape index (κ1) is 19.9. The van der Waals surface area contributed by atoms with E-state index in [1.807, 2.05) is 61.5 Å². The summed E-state index contributed by atoms with van der Waals surface area (Å²) in [7, 11) is 0. The van der Waals surface area contributed by atoms with Gasteiger partial charge in [-0.15, -0.1) is 0 Å². The quantitative estimate of drug-likeness (QED) is 0.660. The average molecular weight is 402 g/mol. The minimum atomic E-state index is -0.339. The molecule has 0 radical (unpaired) electrons. The molecule has 0 bridgehead atoms. The number of likely N-dealkylation sites (tertiary alicyclic amines) is 1. The highest BCUT2D eigenvalue weighted by atomic mass is 16.2. The molecule has 1 N–H and O–H groups in total. The van der Waals surface area contributed by atoms with Gasteiger partial charge in [-0.2, -0.15) is 5.10 Å². The zero-order chi connectivity index (χ0) is 20.9. The van der Waals surface area contributed by atoms with Crippen LogP contribution in [0.2, 0.25) is 0 Å². The van der Waals surface area contributed by atoms with Crippen molar-refractivity contribution in [3.8, 4) is 0 Å². The molecule has 1 aromatic heterocycles. The minimum absolute atomic E-state index is 0.0417. The van der Waals surface area contributed by atoms with E-state index in [4.69, 9.17) is 0 Å². The molecule has 0 spiro atoms. The summed E-state index contributed by atoms with van der Waals surface area (Å²) >= 11 is 0. The van der Waals surface area contributed by atoms with Crippen molar-refractivity contribution < 1.29 is 9.59 Å². The number of benzene rings is 2. The molecule has 0 aliphatic carbocycles. The largest absolute Gasteiger partial charge is 0.342 e. The Hall–Kier alpha value is -3.41. The molecular formula is C24H26N4O2. The second-order valence-corrected chi connectivity index (χ2v) is 7.78. The van der Waals surface area contributed by atoms with Crippen LogP contribution in [-0.2, 0) is 22.6 Å². The molecule has 1 atom stereocenters. The molecule has 30 heavy (non-hydrogen) atoms. The molecule has 6 nitrogen and oxygen atoms in total. The van der Waals surface area contributed by atoms with E-state index in [2.05, 4.69) is 22.5 Å². The molecule has 0 saturated carbocycles. The van der Waals surface area contributed by atoms with E-state index in [9.17, 15) is 9.59 Å². The Kier molecular flexibility index (Phi) is 5.93. The molecule has 1 saturated heterocycles. The van der Waals surface area contributed by atoms with E-state index in [1.165, 1.54) is 5.56 Å². The van der Waals surface area contributed by atoms with Crippen LogP contribution in [0.3, 0.4) is 0 Å². The van der Waals surface area contributed by atoms with Crippen LogP contribution in [0.1, 0.15) is 23.2 Å². The van der Waals surface area contributed by atoms with Crippen molar-refractivity contribution in [1.82, 2.24) is 14.7 Å². The topological polar surface area (TPSA) is 67.2 Å². The third kappa shape index (κ3) is 4.76. The fraction of sp³-hybridized carbons (Fsp3) is 0.292. The van der Waals surface area contributed by atoms with E-state index in [0.717, 1.165) is 17.7 Å². The summed E-state index contributed by atoms with van der Waals surface area (Å²) < 4.78 is 1.80. The monoisotopic (exact) mass is 402 g/mol. The summed E-state index contributed by atoms with van der Waals surface area (Å²) in [5.74, 6) is 0.241. The number of aryl methyl sites for hydroxylation is 1. The number of rotatable bonds is 7. The lowest BCUT2D eigenvalue weighted by Crippen LogP contribution is -2.30. The molecular weight excluding hydrogens is 376 g/mol. The number of nitrogens with zero attached hydrogens (tertiary/aromatic N) is 3. The second kappa shape index (κ2) is 8.95. The Morgan fingerprint density at radius 3 is 2.43 bits per heavy atom. The lowest BCUT2D eigenvalue weighted by atomic mass is 10.1. The summed E-state index contributed by atoms with van der Waals surface area (Å²) in [5.41, 5.74) is 3.14. The van der Waals surface area contributed by atoms with Gasteiger partial charge in [-0.1, -0.05) is 60.7 Å². The van der Waals surface area contributed by atoms with Crippen LogP contribution < -0.4 is 5.32 Å². The van der Waals surface area contributed by atoms with Gasteiger partial charge >= 0.3 is 0 Å². The molecule has 2 heterocycles. The Bertz CT molecular complexity index is 1010. The maximum absolute atomic E-state index is 12.9. The third-order valence-corrected chi connectivity index (χ3v) is 5.43. The van der Waals surface area contributed by atoms with Gasteiger partial charge in [-0.3, -0.25) is 9.59 Å². The minimum Gasteiger partial charge on any atom is -0.342 e. The third-order valence-electron chi connectivity index (χ3n) is 5.43. The van der Waals surface area contributed by atoms with E-state index < -0.39 is 0 Å². The Balaban J connectivity index is 1.37. The number of nitrogens with one attached hydrogen (secondary N) is 1. The van der Waals surface area contributed by atoms with E-state index in [1.54, 1.807) is 9.58 Å². The average Bonchev–Trinajstić information content (AvgIpc) is 3.29. The molecule has 4 rings (SSSR count). The smallest absolute Gasteiger partial charge is 0.230 e. The maximum Gasteiger partial charge on any atom is 0.230 e. The zero-order valence-corrected chi connectivity index (χ0v) is 17.1. The predicted molar refractivity (Wildman–Crippen MR) is 116 cm³/mol. The highest BCUT2D eigenvalue weighted by molar-refractivity contribution is 5.96. The zero-order valence-electron chi connectivity index (χ0n) is 17.1. The molecule has 6 heteroatoms. The van der Waals surface area contributed by atoms with Crippen molar-refractivity contribution in [2.24, 2.45) is 5.92 Å². The molecule has 2 amide bonds. The first-order valence-corrected chi connectivity index (χ1v) is 10.3. The first-order chi connectivity index (χ1) is 14.6. The van der Waals surface area contributed by atoms with E-state index in [-0.39, 0.29) is 24.2 Å². The van der Waals surface area contributed by atoms with Gasteiger partial charge in [-0.25, -0.2) is 4.68 Å². The summed E-state index contributed by atoms with van der Waals surface area (Å²) in [5, 5.41) is 7.49. The summed E-state index contributed by atoms with van der Waals surface area (Å²) in [4.78, 5) is 27.1. The van der Waals surface area contributed by atoms with Crippen molar-refractivity contribution in [3.05, 3.63) is 83.6 Å². The van der Waals surface area contributed by atoms with Crippen molar-refractivity contribution in [3.63, 3.8) is 0 Å². The highest BCUT2D eigenvalue weighted by Crippen LogP contribution is 2.21. The van der Waals surface area contributed by atoms with Crippen LogP contribution in [0.4, 0.5) is 5.82 Å². The number of carbonyl (C=O) groups excluding carboxylic acids is 2. The normalized spacial score (nSPS) is 16.1. The molecule has 1 unspecified atom stereocenters. The molecule has 154 valence electrons.